The van der Waals surface area contributed by atoms with Gasteiger partial charge in [-0.2, -0.15) is 0 Å². The molecule has 0 saturated heterocycles. The van der Waals surface area contributed by atoms with Crippen LogP contribution in [0.5, 0.6) is 0 Å². The van der Waals surface area contributed by atoms with Gasteiger partial charge in [-0.05, 0) is 29.8 Å². The highest BCUT2D eigenvalue weighted by Crippen LogP contribution is 2.30. The van der Waals surface area contributed by atoms with E-state index in [0.717, 1.165) is 27.4 Å². The zero-order valence-corrected chi connectivity index (χ0v) is 11.1. The number of aromatic nitrogens is 1. The van der Waals surface area contributed by atoms with Crippen LogP contribution >= 0.6 is 11.6 Å². The van der Waals surface area contributed by atoms with Gasteiger partial charge in [-0.15, -0.1) is 0 Å². The number of carbonyl (C=O) groups is 1. The van der Waals surface area contributed by atoms with E-state index in [9.17, 15) is 4.79 Å². The third kappa shape index (κ3) is 1.96. The van der Waals surface area contributed by atoms with Gasteiger partial charge in [-0.1, -0.05) is 23.7 Å². The van der Waals surface area contributed by atoms with Crippen LogP contribution in [-0.2, 0) is 18.3 Å². The van der Waals surface area contributed by atoms with Gasteiger partial charge in [0.05, 0.1) is 6.42 Å². The maximum absolute atomic E-state index is 10.8. The minimum absolute atomic E-state index is 0.0399. The molecule has 19 heavy (non-hydrogen) atoms. The molecule has 96 valence electrons. The number of benzene rings is 2. The van der Waals surface area contributed by atoms with Gasteiger partial charge >= 0.3 is 5.97 Å². The molecule has 0 atom stereocenters. The molecule has 0 aliphatic carbocycles. The van der Waals surface area contributed by atoms with E-state index in [0.29, 0.717) is 5.02 Å². The van der Waals surface area contributed by atoms with Crippen molar-refractivity contribution in [2.24, 2.45) is 7.05 Å². The van der Waals surface area contributed by atoms with Crippen LogP contribution in [0, 0.1) is 0 Å². The molecule has 0 spiro atoms. The monoisotopic (exact) mass is 273 g/mol. The minimum atomic E-state index is -0.818. The molecule has 3 rings (SSSR count). The van der Waals surface area contributed by atoms with Crippen molar-refractivity contribution in [2.45, 2.75) is 6.42 Å². The number of halogens is 1. The average molecular weight is 274 g/mol. The van der Waals surface area contributed by atoms with Crippen LogP contribution in [0.2, 0.25) is 5.02 Å². The fourth-order valence-electron chi connectivity index (χ4n) is 2.51. The average Bonchev–Trinajstić information content (AvgIpc) is 2.62. The van der Waals surface area contributed by atoms with Crippen molar-refractivity contribution in [2.75, 3.05) is 0 Å². The maximum Gasteiger partial charge on any atom is 0.307 e. The Bertz CT molecular complexity index is 805. The molecule has 0 unspecified atom stereocenters. The topological polar surface area (TPSA) is 42.2 Å². The molecule has 0 aliphatic heterocycles. The summed E-state index contributed by atoms with van der Waals surface area (Å²) >= 11 is 6.04. The van der Waals surface area contributed by atoms with Gasteiger partial charge in [0.25, 0.3) is 0 Å². The number of carboxylic acid groups (broad SMARTS) is 1. The normalized spacial score (nSPS) is 11.3. The fraction of sp³-hybridized carbons (Fsp3) is 0.133. The number of aryl methyl sites for hydroxylation is 1. The lowest BCUT2D eigenvalue weighted by molar-refractivity contribution is -0.136. The van der Waals surface area contributed by atoms with Crippen LogP contribution in [0.1, 0.15) is 5.56 Å². The number of hydrogen-bond acceptors (Lipinski definition) is 1. The summed E-state index contributed by atoms with van der Waals surface area (Å²) in [4.78, 5) is 10.8. The van der Waals surface area contributed by atoms with Crippen LogP contribution in [0.4, 0.5) is 0 Å². The summed E-state index contributed by atoms with van der Waals surface area (Å²) in [7, 11) is 1.98. The molecule has 0 fully saturated rings. The Kier molecular flexibility index (Phi) is 2.72. The highest BCUT2D eigenvalue weighted by Gasteiger charge is 2.10. The lowest BCUT2D eigenvalue weighted by Gasteiger charge is -2.00. The quantitative estimate of drug-likeness (QED) is 0.775. The van der Waals surface area contributed by atoms with E-state index >= 15 is 0 Å². The highest BCUT2D eigenvalue weighted by molar-refractivity contribution is 6.31. The molecule has 0 aliphatic rings. The van der Waals surface area contributed by atoms with Gasteiger partial charge in [-0.3, -0.25) is 4.79 Å². The number of carboxylic acids is 1. The minimum Gasteiger partial charge on any atom is -0.481 e. The summed E-state index contributed by atoms with van der Waals surface area (Å²) in [6.45, 7) is 0. The predicted octanol–water partition coefficient (Wildman–Crippen LogP) is 3.61. The SMILES string of the molecule is Cn1c2ccc(Cl)cc2c2ccc(CC(=O)O)cc21. The number of aliphatic carboxylic acids is 1. The first-order valence-corrected chi connectivity index (χ1v) is 6.32. The van der Waals surface area contributed by atoms with Gasteiger partial charge in [0.2, 0.25) is 0 Å². The van der Waals surface area contributed by atoms with Crippen LogP contribution in [0.3, 0.4) is 0 Å². The molecule has 3 nitrogen and oxygen atoms in total. The Labute approximate surface area is 115 Å². The maximum atomic E-state index is 10.8. The van der Waals surface area contributed by atoms with Crippen LogP contribution < -0.4 is 0 Å². The molecule has 0 radical (unpaired) electrons. The Balaban J connectivity index is 2.32. The van der Waals surface area contributed by atoms with Crippen molar-refractivity contribution in [3.8, 4) is 0 Å². The lowest BCUT2D eigenvalue weighted by atomic mass is 10.1. The molecular formula is C15H12ClNO2. The summed E-state index contributed by atoms with van der Waals surface area (Å²) in [5.74, 6) is -0.818. The third-order valence-electron chi connectivity index (χ3n) is 3.39. The zero-order chi connectivity index (χ0) is 13.6. The Morgan fingerprint density at radius 2 is 1.95 bits per heavy atom. The number of nitrogens with zero attached hydrogens (tertiary/aromatic N) is 1. The number of rotatable bonds is 2. The van der Waals surface area contributed by atoms with Crippen LogP contribution in [0.25, 0.3) is 21.8 Å². The first-order valence-electron chi connectivity index (χ1n) is 5.94. The second kappa shape index (κ2) is 4.28. The van der Waals surface area contributed by atoms with Crippen molar-refractivity contribution in [1.82, 2.24) is 4.57 Å². The van der Waals surface area contributed by atoms with E-state index in [1.54, 1.807) is 0 Å². The van der Waals surface area contributed by atoms with Crippen molar-refractivity contribution in [3.05, 3.63) is 47.0 Å². The van der Waals surface area contributed by atoms with Crippen LogP contribution in [0.15, 0.2) is 36.4 Å². The van der Waals surface area contributed by atoms with Crippen molar-refractivity contribution < 1.29 is 9.90 Å². The molecule has 2 aromatic carbocycles. The van der Waals surface area contributed by atoms with E-state index in [4.69, 9.17) is 16.7 Å². The Hall–Kier alpha value is -2.00. The van der Waals surface area contributed by atoms with E-state index in [1.807, 2.05) is 43.4 Å². The van der Waals surface area contributed by atoms with Crippen molar-refractivity contribution >= 4 is 39.4 Å². The van der Waals surface area contributed by atoms with E-state index in [1.165, 1.54) is 0 Å². The largest absolute Gasteiger partial charge is 0.481 e. The molecule has 1 N–H and O–H groups in total. The molecule has 1 aromatic heterocycles. The van der Waals surface area contributed by atoms with E-state index in [2.05, 4.69) is 4.57 Å². The summed E-state index contributed by atoms with van der Waals surface area (Å²) < 4.78 is 2.06. The van der Waals surface area contributed by atoms with Gasteiger partial charge in [0, 0.05) is 33.9 Å². The first-order chi connectivity index (χ1) is 9.06. The molecular weight excluding hydrogens is 262 g/mol. The number of hydrogen-bond donors (Lipinski definition) is 1. The smallest absolute Gasteiger partial charge is 0.307 e. The standard InChI is InChI=1S/C15H12ClNO2/c1-17-13-5-3-10(16)8-12(13)11-4-2-9(6-14(11)17)7-15(18)19/h2-6,8H,7H2,1H3,(H,18,19). The van der Waals surface area contributed by atoms with Crippen LogP contribution in [-0.4, -0.2) is 15.6 Å². The number of fused-ring (bicyclic) bond motifs is 3. The van der Waals surface area contributed by atoms with Crippen molar-refractivity contribution in [3.63, 3.8) is 0 Å². The van der Waals surface area contributed by atoms with E-state index in [-0.39, 0.29) is 6.42 Å². The summed E-state index contributed by atoms with van der Waals surface area (Å²) in [6, 6.07) is 11.5. The molecule has 0 bridgehead atoms. The molecule has 4 heteroatoms. The fourth-order valence-corrected chi connectivity index (χ4v) is 2.69. The lowest BCUT2D eigenvalue weighted by Crippen LogP contribution is -1.99. The highest BCUT2D eigenvalue weighted by atomic mass is 35.5. The molecule has 0 saturated carbocycles. The summed E-state index contributed by atoms with van der Waals surface area (Å²) in [6.07, 6.45) is 0.0399. The molecule has 0 amide bonds. The summed E-state index contributed by atoms with van der Waals surface area (Å²) in [5, 5.41) is 11.7. The molecule has 3 aromatic rings. The second-order valence-electron chi connectivity index (χ2n) is 4.64. The Morgan fingerprint density at radius 1 is 1.16 bits per heavy atom. The van der Waals surface area contributed by atoms with Gasteiger partial charge in [0.15, 0.2) is 0 Å². The molecule has 1 heterocycles. The third-order valence-corrected chi connectivity index (χ3v) is 3.62. The second-order valence-corrected chi connectivity index (χ2v) is 5.08. The van der Waals surface area contributed by atoms with E-state index < -0.39 is 5.97 Å². The predicted molar refractivity (Wildman–Crippen MR) is 76.8 cm³/mol. The van der Waals surface area contributed by atoms with Gasteiger partial charge in [-0.25, -0.2) is 0 Å². The van der Waals surface area contributed by atoms with Crippen molar-refractivity contribution in [1.29, 1.82) is 0 Å². The Morgan fingerprint density at radius 3 is 2.68 bits per heavy atom. The first kappa shape index (κ1) is 12.1. The zero-order valence-electron chi connectivity index (χ0n) is 10.4. The summed E-state index contributed by atoms with van der Waals surface area (Å²) in [5.41, 5.74) is 2.92. The van der Waals surface area contributed by atoms with Gasteiger partial charge < -0.3 is 9.67 Å². The van der Waals surface area contributed by atoms with Gasteiger partial charge in [0.1, 0.15) is 0 Å².